The summed E-state index contributed by atoms with van der Waals surface area (Å²) in [5, 5.41) is 33.0. The van der Waals surface area contributed by atoms with E-state index in [1.54, 1.807) is 13.0 Å². The van der Waals surface area contributed by atoms with Crippen LogP contribution in [0.5, 0.6) is 5.75 Å². The van der Waals surface area contributed by atoms with Gasteiger partial charge >= 0.3 is 5.97 Å². The first-order valence-electron chi connectivity index (χ1n) is 8.48. The van der Waals surface area contributed by atoms with Crippen LogP contribution < -0.4 is 15.5 Å². The molecule has 2 aliphatic rings. The highest BCUT2D eigenvalue weighted by atomic mass is 16.6. The van der Waals surface area contributed by atoms with E-state index in [2.05, 4.69) is 25.6 Å². The molecule has 1 atom stereocenters. The highest BCUT2D eigenvalue weighted by Crippen LogP contribution is 2.46. The highest BCUT2D eigenvalue weighted by molar-refractivity contribution is 6.27. The van der Waals surface area contributed by atoms with Crippen molar-refractivity contribution in [2.45, 2.75) is 19.5 Å². The Morgan fingerprint density at radius 2 is 2.00 bits per heavy atom. The molecule has 4 N–H and O–H groups in total. The van der Waals surface area contributed by atoms with E-state index in [0.717, 1.165) is 4.90 Å². The number of aliphatic hydroxyl groups is 1. The number of anilines is 3. The first-order chi connectivity index (χ1) is 13.8. The maximum absolute atomic E-state index is 13.1. The van der Waals surface area contributed by atoms with Gasteiger partial charge in [0.2, 0.25) is 17.3 Å². The fourth-order valence-electron chi connectivity index (χ4n) is 3.32. The Morgan fingerprint density at radius 1 is 1.28 bits per heavy atom. The van der Waals surface area contributed by atoms with Crippen LogP contribution in [0.1, 0.15) is 12.5 Å². The molecule has 0 saturated heterocycles. The lowest BCUT2D eigenvalue weighted by Gasteiger charge is -2.40. The predicted molar refractivity (Wildman–Crippen MR) is 95.9 cm³/mol. The minimum Gasteiger partial charge on any atom is -0.506 e. The monoisotopic (exact) mass is 401 g/mol. The molecule has 12 heteroatoms. The van der Waals surface area contributed by atoms with E-state index in [1.165, 1.54) is 19.1 Å². The number of nitrogens with zero attached hydrogens (tertiary/aromatic N) is 3. The van der Waals surface area contributed by atoms with Gasteiger partial charge in [-0.05, 0) is 41.9 Å². The number of nitrogens with one attached hydrogen (secondary N) is 2. The molecule has 0 radical (unpaired) electrons. The standard InChI is InChI=1S/C17H15N5O7/c1-3-28-15(26)10-11(24)14(25)22(8-5-4-7(2)6-9(8)23)17(10)16(27)18-12-13(19-17)21-29-20-12/h4-6,23-24H,3H2,1-2H3,(H,19,21)(H,18,20,27). The number of benzene rings is 1. The summed E-state index contributed by atoms with van der Waals surface area (Å²) in [6, 6.07) is 4.32. The molecular weight excluding hydrogens is 386 g/mol. The molecule has 1 aromatic heterocycles. The molecule has 0 aliphatic carbocycles. The first kappa shape index (κ1) is 18.3. The van der Waals surface area contributed by atoms with Crippen molar-refractivity contribution in [2.24, 2.45) is 0 Å². The van der Waals surface area contributed by atoms with Crippen molar-refractivity contribution in [3.63, 3.8) is 0 Å². The minimum absolute atomic E-state index is 0.0734. The van der Waals surface area contributed by atoms with Crippen molar-refractivity contribution in [3.05, 3.63) is 35.1 Å². The van der Waals surface area contributed by atoms with E-state index in [4.69, 9.17) is 4.74 Å². The molecule has 4 rings (SSSR count). The zero-order valence-electron chi connectivity index (χ0n) is 15.2. The minimum atomic E-state index is -2.30. The average Bonchev–Trinajstić information content (AvgIpc) is 3.18. The molecular formula is C17H15N5O7. The van der Waals surface area contributed by atoms with Gasteiger partial charge in [-0.25, -0.2) is 9.42 Å². The number of fused-ring (bicyclic) bond motifs is 1. The fraction of sp³-hybridized carbons (Fsp3) is 0.235. The SMILES string of the molecule is CCOC(=O)C1=C(O)C(=O)N(c2ccc(C)cc2O)C12Nc1nonc1NC2=O. The van der Waals surface area contributed by atoms with Crippen molar-refractivity contribution < 1.29 is 34.0 Å². The summed E-state index contributed by atoms with van der Waals surface area (Å²) >= 11 is 0. The number of carbonyl (C=O) groups excluding carboxylic acids is 3. The number of hydrogen-bond donors (Lipinski definition) is 4. The third-order valence-electron chi connectivity index (χ3n) is 4.54. The van der Waals surface area contributed by atoms with E-state index in [0.29, 0.717) is 5.56 Å². The summed E-state index contributed by atoms with van der Waals surface area (Å²) in [6.07, 6.45) is 0. The zero-order chi connectivity index (χ0) is 20.9. The van der Waals surface area contributed by atoms with E-state index in [1.807, 2.05) is 0 Å². The maximum atomic E-state index is 13.1. The van der Waals surface area contributed by atoms with Crippen molar-refractivity contribution in [1.29, 1.82) is 0 Å². The second-order valence-corrected chi connectivity index (χ2v) is 6.33. The molecule has 0 saturated carbocycles. The maximum Gasteiger partial charge on any atom is 0.342 e. The number of aromatic nitrogens is 2. The van der Waals surface area contributed by atoms with Gasteiger partial charge in [-0.3, -0.25) is 14.5 Å². The second-order valence-electron chi connectivity index (χ2n) is 6.33. The van der Waals surface area contributed by atoms with Crippen molar-refractivity contribution in [1.82, 2.24) is 10.3 Å². The van der Waals surface area contributed by atoms with Crippen molar-refractivity contribution in [2.75, 3.05) is 22.1 Å². The number of rotatable bonds is 3. The lowest BCUT2D eigenvalue weighted by Crippen LogP contribution is -2.65. The highest BCUT2D eigenvalue weighted by Gasteiger charge is 2.64. The second kappa shape index (κ2) is 6.22. The molecule has 1 aromatic carbocycles. The van der Waals surface area contributed by atoms with E-state index in [9.17, 15) is 24.6 Å². The van der Waals surface area contributed by atoms with Gasteiger partial charge in [-0.15, -0.1) is 0 Å². The van der Waals surface area contributed by atoms with E-state index in [-0.39, 0.29) is 29.7 Å². The third-order valence-corrected chi connectivity index (χ3v) is 4.54. The Labute approximate surface area is 162 Å². The molecule has 2 aliphatic heterocycles. The normalized spacial score (nSPS) is 20.6. The molecule has 0 bridgehead atoms. The number of aryl methyl sites for hydroxylation is 1. The molecule has 29 heavy (non-hydrogen) atoms. The largest absolute Gasteiger partial charge is 0.506 e. The summed E-state index contributed by atoms with van der Waals surface area (Å²) in [7, 11) is 0. The molecule has 12 nitrogen and oxygen atoms in total. The molecule has 150 valence electrons. The molecule has 2 amide bonds. The number of hydrogen-bond acceptors (Lipinski definition) is 10. The Balaban J connectivity index is 1.98. The van der Waals surface area contributed by atoms with Gasteiger partial charge in [0.15, 0.2) is 5.76 Å². The number of phenols is 1. The van der Waals surface area contributed by atoms with Gasteiger partial charge in [-0.2, -0.15) is 0 Å². The molecule has 0 fully saturated rings. The fourth-order valence-corrected chi connectivity index (χ4v) is 3.32. The Kier molecular flexibility index (Phi) is 3.92. The smallest absolute Gasteiger partial charge is 0.342 e. The average molecular weight is 401 g/mol. The van der Waals surface area contributed by atoms with Crippen LogP contribution in [0.25, 0.3) is 0 Å². The number of ether oxygens (including phenoxy) is 1. The lowest BCUT2D eigenvalue weighted by atomic mass is 9.96. The number of aliphatic hydroxyl groups excluding tert-OH is 1. The summed E-state index contributed by atoms with van der Waals surface area (Å²) in [5.41, 5.74) is -2.41. The van der Waals surface area contributed by atoms with Crippen LogP contribution in [0.4, 0.5) is 17.3 Å². The number of esters is 1. The van der Waals surface area contributed by atoms with Gasteiger partial charge in [0.05, 0.1) is 12.3 Å². The predicted octanol–water partition coefficient (Wildman–Crippen LogP) is 0.566. The molecule has 1 spiro atoms. The zero-order valence-corrected chi connectivity index (χ0v) is 15.2. The van der Waals surface area contributed by atoms with Crippen LogP contribution in [0.2, 0.25) is 0 Å². The Hall–Kier alpha value is -4.09. The van der Waals surface area contributed by atoms with Crippen molar-refractivity contribution >= 4 is 35.1 Å². The third kappa shape index (κ3) is 2.42. The lowest BCUT2D eigenvalue weighted by molar-refractivity contribution is -0.140. The van der Waals surface area contributed by atoms with Gasteiger partial charge in [0, 0.05) is 0 Å². The molecule has 3 heterocycles. The van der Waals surface area contributed by atoms with E-state index >= 15 is 0 Å². The van der Waals surface area contributed by atoms with Crippen LogP contribution >= 0.6 is 0 Å². The van der Waals surface area contributed by atoms with Crippen LogP contribution in [-0.2, 0) is 19.1 Å². The molecule has 1 unspecified atom stereocenters. The summed E-state index contributed by atoms with van der Waals surface area (Å²) in [5.74, 6) is -4.67. The van der Waals surface area contributed by atoms with Crippen LogP contribution in [0.3, 0.4) is 0 Å². The van der Waals surface area contributed by atoms with Crippen LogP contribution in [-0.4, -0.2) is 50.6 Å². The Morgan fingerprint density at radius 3 is 2.69 bits per heavy atom. The van der Waals surface area contributed by atoms with E-state index < -0.39 is 34.8 Å². The van der Waals surface area contributed by atoms with Gasteiger partial charge < -0.3 is 25.6 Å². The van der Waals surface area contributed by atoms with Gasteiger partial charge in [0.1, 0.15) is 11.3 Å². The van der Waals surface area contributed by atoms with Crippen molar-refractivity contribution in [3.8, 4) is 5.75 Å². The number of amides is 2. The Bertz CT molecular complexity index is 1090. The van der Waals surface area contributed by atoms with Crippen LogP contribution in [0.15, 0.2) is 34.2 Å². The number of aromatic hydroxyl groups is 1. The first-order valence-corrected chi connectivity index (χ1v) is 8.48. The molecule has 2 aromatic rings. The van der Waals surface area contributed by atoms with Crippen LogP contribution in [0, 0.1) is 6.92 Å². The number of phenolic OH excluding ortho intramolecular Hbond substituents is 1. The quantitative estimate of drug-likeness (QED) is 0.534. The summed E-state index contributed by atoms with van der Waals surface area (Å²) in [4.78, 5) is 39.5. The van der Waals surface area contributed by atoms with Gasteiger partial charge in [-0.1, -0.05) is 6.07 Å². The summed E-state index contributed by atoms with van der Waals surface area (Å²) in [6.45, 7) is 3.16. The summed E-state index contributed by atoms with van der Waals surface area (Å²) < 4.78 is 9.52. The number of carbonyl (C=O) groups is 3. The topological polar surface area (TPSA) is 167 Å². The van der Waals surface area contributed by atoms with Gasteiger partial charge in [0.25, 0.3) is 11.8 Å².